The van der Waals surface area contributed by atoms with Crippen molar-refractivity contribution in [2.75, 3.05) is 42.7 Å². The molecule has 366 valence electrons. The van der Waals surface area contributed by atoms with E-state index in [1.54, 1.807) is 54.6 Å². The van der Waals surface area contributed by atoms with Crippen LogP contribution in [-0.2, 0) is 19.3 Å². The predicted octanol–water partition coefficient (Wildman–Crippen LogP) is 12.6. The van der Waals surface area contributed by atoms with Crippen LogP contribution in [0.1, 0.15) is 54.7 Å². The number of nitrogens with zero attached hydrogens (tertiary/aromatic N) is 1. The smallest absolute Gasteiger partial charge is 0.336 e. The third kappa shape index (κ3) is 10.9. The lowest BCUT2D eigenvalue weighted by atomic mass is 9.92. The minimum absolute atomic E-state index is 0.00205. The normalized spacial score (nSPS) is 10.8. The molecule has 0 atom stereocenters. The Labute approximate surface area is 416 Å². The molecule has 0 aliphatic rings. The van der Waals surface area contributed by atoms with Crippen LogP contribution in [-0.4, -0.2) is 69.7 Å². The summed E-state index contributed by atoms with van der Waals surface area (Å²) in [5.74, 6) is 2.42. The number of ether oxygens (including phenoxy) is 6. The summed E-state index contributed by atoms with van der Waals surface area (Å²) in [5.41, 5.74) is 3.33. The van der Waals surface area contributed by atoms with E-state index < -0.39 is 16.9 Å². The van der Waals surface area contributed by atoms with E-state index in [2.05, 4.69) is 0 Å². The van der Waals surface area contributed by atoms with Gasteiger partial charge in [0.2, 0.25) is 11.5 Å². The van der Waals surface area contributed by atoms with Crippen LogP contribution in [0.25, 0.3) is 34.0 Å². The Balaban J connectivity index is 0.000000219. The Morgan fingerprint density at radius 2 is 1.01 bits per heavy atom. The predicted molar refractivity (Wildman–Crippen MR) is 264 cm³/mol. The molecule has 2 N–H and O–H groups in total. The van der Waals surface area contributed by atoms with Crippen molar-refractivity contribution < 1.29 is 66.4 Å². The summed E-state index contributed by atoms with van der Waals surface area (Å²) in [6.45, 7) is 0. The van der Waals surface area contributed by atoms with Crippen molar-refractivity contribution in [3.63, 3.8) is 0 Å². The minimum atomic E-state index is -1.16. The molecule has 0 saturated heterocycles. The quantitative estimate of drug-likeness (QED) is 0.0604. The molecule has 0 saturated carbocycles. The highest BCUT2D eigenvalue weighted by molar-refractivity contribution is 6.36. The first kappa shape index (κ1) is 50.5. The van der Waals surface area contributed by atoms with E-state index in [0.29, 0.717) is 72.4 Å². The highest BCUT2D eigenvalue weighted by atomic mass is 35.5. The SMILES string of the molecule is COc1c(Cc2ccc(-c3ccccc3)o2)c(C(=O)O)c(Cc2ccc(-c3ccc(Cl)cc3Cl)o2)c(OC)c1OC.COc1cc(C(=O)O)c(Cc2ccc(-c3ccc([N+](=O)[O-])cc3)o2)c(OC)c1OC. The largest absolute Gasteiger partial charge is 0.493 e. The number of nitro benzene ring substituents is 1. The molecule has 0 fully saturated rings. The molecule has 18 heteroatoms. The summed E-state index contributed by atoms with van der Waals surface area (Å²) in [5, 5.41) is 31.9. The van der Waals surface area contributed by atoms with Gasteiger partial charge in [-0.15, -0.1) is 0 Å². The summed E-state index contributed by atoms with van der Waals surface area (Å²) in [7, 11) is 8.64. The molecule has 0 spiro atoms. The number of carbonyl (C=O) groups is 2. The van der Waals surface area contributed by atoms with Gasteiger partial charge in [-0.05, 0) is 72.8 Å². The van der Waals surface area contributed by atoms with Crippen molar-refractivity contribution in [1.29, 1.82) is 0 Å². The van der Waals surface area contributed by atoms with Crippen LogP contribution in [0.4, 0.5) is 5.69 Å². The van der Waals surface area contributed by atoms with E-state index in [4.69, 9.17) is 64.9 Å². The summed E-state index contributed by atoms with van der Waals surface area (Å²) in [6.07, 6.45) is 0.351. The zero-order valence-electron chi connectivity index (χ0n) is 39.0. The van der Waals surface area contributed by atoms with E-state index in [1.807, 2.05) is 42.5 Å². The number of aromatic carboxylic acids is 2. The molecule has 0 aliphatic carbocycles. The number of hydrogen-bond acceptors (Lipinski definition) is 13. The average Bonchev–Trinajstić information content (AvgIpc) is 4.16. The molecule has 0 amide bonds. The molecular formula is C53H45Cl2NO15. The first-order chi connectivity index (χ1) is 34.2. The van der Waals surface area contributed by atoms with Gasteiger partial charge in [0, 0.05) is 69.8 Å². The van der Waals surface area contributed by atoms with Crippen molar-refractivity contribution in [2.24, 2.45) is 0 Å². The molecule has 3 aromatic heterocycles. The number of hydrogen-bond donors (Lipinski definition) is 2. The number of furan rings is 3. The lowest BCUT2D eigenvalue weighted by Crippen LogP contribution is -2.13. The Hall–Kier alpha value is -8.34. The number of benzene rings is 5. The van der Waals surface area contributed by atoms with Crippen LogP contribution >= 0.6 is 23.2 Å². The highest BCUT2D eigenvalue weighted by Gasteiger charge is 2.32. The molecule has 8 rings (SSSR count). The Morgan fingerprint density at radius 1 is 0.535 bits per heavy atom. The lowest BCUT2D eigenvalue weighted by Gasteiger charge is -2.22. The van der Waals surface area contributed by atoms with Crippen LogP contribution in [0, 0.1) is 10.1 Å². The van der Waals surface area contributed by atoms with Crippen LogP contribution < -0.4 is 28.4 Å². The summed E-state index contributed by atoms with van der Waals surface area (Å²) >= 11 is 12.4. The summed E-state index contributed by atoms with van der Waals surface area (Å²) < 4.78 is 51.1. The maximum Gasteiger partial charge on any atom is 0.336 e. The summed E-state index contributed by atoms with van der Waals surface area (Å²) in [6, 6.07) is 32.7. The van der Waals surface area contributed by atoms with Gasteiger partial charge in [-0.2, -0.15) is 0 Å². The topological polar surface area (TPSA) is 213 Å². The van der Waals surface area contributed by atoms with Gasteiger partial charge in [-0.1, -0.05) is 53.5 Å². The van der Waals surface area contributed by atoms with Gasteiger partial charge in [0.05, 0.1) is 63.7 Å². The van der Waals surface area contributed by atoms with Gasteiger partial charge in [0.15, 0.2) is 23.0 Å². The van der Waals surface area contributed by atoms with E-state index in [0.717, 1.165) is 5.56 Å². The fraction of sp³-hybridized carbons (Fsp3) is 0.170. The zero-order chi connectivity index (χ0) is 50.9. The number of nitro groups is 1. The van der Waals surface area contributed by atoms with Crippen LogP contribution in [0.5, 0.6) is 34.5 Å². The Morgan fingerprint density at radius 3 is 1.48 bits per heavy atom. The van der Waals surface area contributed by atoms with E-state index in [-0.39, 0.29) is 70.6 Å². The number of non-ortho nitro benzene ring substituents is 1. The monoisotopic (exact) mass is 1010 g/mol. The van der Waals surface area contributed by atoms with Gasteiger partial charge in [-0.25, -0.2) is 9.59 Å². The summed E-state index contributed by atoms with van der Waals surface area (Å²) in [4.78, 5) is 35.0. The van der Waals surface area contributed by atoms with E-state index >= 15 is 0 Å². The van der Waals surface area contributed by atoms with Crippen molar-refractivity contribution in [2.45, 2.75) is 19.3 Å². The number of methoxy groups -OCH3 is 6. The molecule has 71 heavy (non-hydrogen) atoms. The standard InChI is InChI=1S/C32H26Cl2O7.C21H19NO8/c1-37-29-23(16-20-10-13-26(40-20)18-7-5-4-6-8-18)28(32(35)36)24(30(38-2)31(29)39-3)17-21-11-14-27(41-21)22-12-9-19(33)15-25(22)34;1-27-18-11-16(21(23)24)15(19(28-2)20(18)29-3)10-14-8-9-17(30-14)12-4-6-13(7-5-12)22(25)26/h4-15H,16-17H2,1-3H3,(H,35,36);4-9,11H,10H2,1-3H3,(H,23,24). The molecule has 0 aliphatic heterocycles. The average molecular weight is 1010 g/mol. The van der Waals surface area contributed by atoms with Crippen LogP contribution in [0.3, 0.4) is 0 Å². The first-order valence-corrected chi connectivity index (χ1v) is 22.1. The first-order valence-electron chi connectivity index (χ1n) is 21.4. The molecule has 16 nitrogen and oxygen atoms in total. The maximum atomic E-state index is 12.8. The number of rotatable bonds is 18. The molecule has 0 unspecified atom stereocenters. The molecule has 0 radical (unpaired) electrons. The Bertz CT molecular complexity index is 3210. The molecule has 5 aromatic carbocycles. The van der Waals surface area contributed by atoms with Crippen molar-refractivity contribution in [3.8, 4) is 68.5 Å². The maximum absolute atomic E-state index is 12.8. The highest BCUT2D eigenvalue weighted by Crippen LogP contribution is 2.48. The van der Waals surface area contributed by atoms with Gasteiger partial charge in [0.25, 0.3) is 5.69 Å². The lowest BCUT2D eigenvalue weighted by molar-refractivity contribution is -0.384. The minimum Gasteiger partial charge on any atom is -0.493 e. The molecular weight excluding hydrogens is 961 g/mol. The van der Waals surface area contributed by atoms with Gasteiger partial charge < -0.3 is 51.9 Å². The molecule has 0 bridgehead atoms. The Kier molecular flexibility index (Phi) is 15.9. The van der Waals surface area contributed by atoms with Gasteiger partial charge >= 0.3 is 11.9 Å². The fourth-order valence-corrected chi connectivity index (χ4v) is 8.52. The third-order valence-corrected chi connectivity index (χ3v) is 11.8. The van der Waals surface area contributed by atoms with Crippen molar-refractivity contribution in [1.82, 2.24) is 0 Å². The van der Waals surface area contributed by atoms with Crippen LogP contribution in [0.2, 0.25) is 10.0 Å². The number of carboxylic acid groups (broad SMARTS) is 2. The second kappa shape index (κ2) is 22.4. The van der Waals surface area contributed by atoms with Crippen molar-refractivity contribution in [3.05, 3.63) is 181 Å². The number of carboxylic acids is 2. The zero-order valence-corrected chi connectivity index (χ0v) is 40.5. The fourth-order valence-electron chi connectivity index (χ4n) is 8.02. The third-order valence-electron chi connectivity index (χ3n) is 11.2. The van der Waals surface area contributed by atoms with E-state index in [9.17, 15) is 29.9 Å². The van der Waals surface area contributed by atoms with Gasteiger partial charge in [-0.3, -0.25) is 10.1 Å². The van der Waals surface area contributed by atoms with Crippen LogP contribution in [0.15, 0.2) is 129 Å². The number of halogens is 2. The molecule has 3 heterocycles. The molecule has 8 aromatic rings. The van der Waals surface area contributed by atoms with Gasteiger partial charge in [0.1, 0.15) is 34.6 Å². The van der Waals surface area contributed by atoms with E-state index in [1.165, 1.54) is 60.9 Å². The van der Waals surface area contributed by atoms with Crippen molar-refractivity contribution >= 4 is 40.8 Å². The second-order valence-electron chi connectivity index (χ2n) is 15.3. The second-order valence-corrected chi connectivity index (χ2v) is 16.2.